The van der Waals surface area contributed by atoms with Crippen LogP contribution >= 0.6 is 0 Å². The summed E-state index contributed by atoms with van der Waals surface area (Å²) in [5.41, 5.74) is 4.95. The Bertz CT molecular complexity index is 1090. The van der Waals surface area contributed by atoms with Gasteiger partial charge in [0.2, 0.25) is 5.91 Å². The van der Waals surface area contributed by atoms with Crippen LogP contribution in [-0.4, -0.2) is 20.9 Å². The van der Waals surface area contributed by atoms with Gasteiger partial charge in [0.05, 0.1) is 5.69 Å². The fraction of sp³-hybridized carbons (Fsp3) is 0.500. The van der Waals surface area contributed by atoms with Gasteiger partial charge in [0.1, 0.15) is 11.0 Å². The Morgan fingerprint density at radius 1 is 0.968 bits per heavy atom. The number of hydrogen-bond donors (Lipinski definition) is 1. The molecule has 5 heteroatoms. The van der Waals surface area contributed by atoms with Crippen LogP contribution in [0.4, 0.5) is 5.69 Å². The summed E-state index contributed by atoms with van der Waals surface area (Å²) in [6.45, 7) is 2.15. The van der Waals surface area contributed by atoms with Crippen molar-refractivity contribution in [3.63, 3.8) is 0 Å². The Morgan fingerprint density at radius 2 is 1.61 bits per heavy atom. The van der Waals surface area contributed by atoms with E-state index in [0.717, 1.165) is 46.6 Å². The molecule has 0 saturated heterocycles. The summed E-state index contributed by atoms with van der Waals surface area (Å²) in [6.07, 6.45) is 9.70. The van der Waals surface area contributed by atoms with Gasteiger partial charge in [0.25, 0.3) is 0 Å². The summed E-state index contributed by atoms with van der Waals surface area (Å²) in [5.74, 6) is 2.77. The Kier molecular flexibility index (Phi) is 4.41. The van der Waals surface area contributed by atoms with E-state index in [-0.39, 0.29) is 11.3 Å². The summed E-state index contributed by atoms with van der Waals surface area (Å²) in [7, 11) is 0. The van der Waals surface area contributed by atoms with Crippen LogP contribution in [0.5, 0.6) is 0 Å². The highest BCUT2D eigenvalue weighted by molar-refractivity contribution is 5.93. The molecule has 7 rings (SSSR count). The minimum absolute atomic E-state index is 0.156. The lowest BCUT2D eigenvalue weighted by molar-refractivity contribution is -0.124. The predicted octanol–water partition coefficient (Wildman–Crippen LogP) is 5.53. The maximum absolute atomic E-state index is 13.0. The van der Waals surface area contributed by atoms with Crippen LogP contribution in [0.25, 0.3) is 16.7 Å². The van der Waals surface area contributed by atoms with Gasteiger partial charge in [-0.05, 0) is 104 Å². The van der Waals surface area contributed by atoms with E-state index in [4.69, 9.17) is 0 Å². The molecule has 31 heavy (non-hydrogen) atoms. The molecule has 3 aromatic rings. The summed E-state index contributed by atoms with van der Waals surface area (Å²) in [5, 5.41) is 12.4. The van der Waals surface area contributed by atoms with E-state index in [2.05, 4.69) is 34.6 Å². The van der Waals surface area contributed by atoms with Crippen molar-refractivity contribution in [2.24, 2.45) is 23.2 Å². The van der Waals surface area contributed by atoms with E-state index >= 15 is 0 Å². The maximum Gasteiger partial charge on any atom is 0.224 e. The SMILES string of the molecule is CCc1ccc(-n2nc3ccc(NC(=O)CC45CC6CC(CC(C6)C4)C5)cc3n2)cc1. The van der Waals surface area contributed by atoms with E-state index in [1.165, 1.54) is 44.1 Å². The zero-order valence-corrected chi connectivity index (χ0v) is 18.2. The highest BCUT2D eigenvalue weighted by Crippen LogP contribution is 2.61. The second kappa shape index (κ2) is 7.18. The zero-order chi connectivity index (χ0) is 21.0. The van der Waals surface area contributed by atoms with Gasteiger partial charge in [-0.25, -0.2) is 0 Å². The van der Waals surface area contributed by atoms with Gasteiger partial charge in [-0.2, -0.15) is 4.80 Å². The zero-order valence-electron chi connectivity index (χ0n) is 18.2. The molecule has 1 N–H and O–H groups in total. The van der Waals surface area contributed by atoms with Crippen molar-refractivity contribution < 1.29 is 4.79 Å². The fourth-order valence-electron chi connectivity index (χ4n) is 7.03. The van der Waals surface area contributed by atoms with Crippen LogP contribution in [-0.2, 0) is 11.2 Å². The van der Waals surface area contributed by atoms with Gasteiger partial charge >= 0.3 is 0 Å². The van der Waals surface area contributed by atoms with Gasteiger partial charge in [-0.1, -0.05) is 19.1 Å². The number of carbonyl (C=O) groups excluding carboxylic acids is 1. The molecule has 160 valence electrons. The summed E-state index contributed by atoms with van der Waals surface area (Å²) < 4.78 is 0. The van der Waals surface area contributed by atoms with Crippen LogP contribution < -0.4 is 5.32 Å². The highest BCUT2D eigenvalue weighted by Gasteiger charge is 2.51. The predicted molar refractivity (Wildman–Crippen MR) is 122 cm³/mol. The van der Waals surface area contributed by atoms with E-state index in [9.17, 15) is 4.79 Å². The first kappa shape index (κ1) is 19.0. The Hall–Kier alpha value is -2.69. The van der Waals surface area contributed by atoms with Crippen LogP contribution in [0.1, 0.15) is 57.4 Å². The average molecular weight is 415 g/mol. The van der Waals surface area contributed by atoms with Crippen molar-refractivity contribution in [3.8, 4) is 5.69 Å². The summed E-state index contributed by atoms with van der Waals surface area (Å²) >= 11 is 0. The minimum atomic E-state index is 0.156. The fourth-order valence-corrected chi connectivity index (χ4v) is 7.03. The lowest BCUT2D eigenvalue weighted by Gasteiger charge is -2.56. The Balaban J connectivity index is 1.18. The van der Waals surface area contributed by atoms with E-state index < -0.39 is 0 Å². The number of anilines is 1. The van der Waals surface area contributed by atoms with Gasteiger partial charge in [-0.15, -0.1) is 10.2 Å². The van der Waals surface area contributed by atoms with Gasteiger partial charge in [0.15, 0.2) is 0 Å². The lowest BCUT2D eigenvalue weighted by atomic mass is 9.49. The molecule has 4 fully saturated rings. The molecule has 5 nitrogen and oxygen atoms in total. The molecule has 4 aliphatic rings. The molecule has 4 bridgehead atoms. The molecular formula is C26H30N4O. The third-order valence-electron chi connectivity index (χ3n) is 7.94. The molecule has 1 aromatic heterocycles. The first-order valence-electron chi connectivity index (χ1n) is 11.8. The van der Waals surface area contributed by atoms with E-state index in [1.54, 1.807) is 4.80 Å². The van der Waals surface area contributed by atoms with Gasteiger partial charge in [-0.3, -0.25) is 4.79 Å². The molecule has 2 aromatic carbocycles. The molecule has 0 aliphatic heterocycles. The second-order valence-electron chi connectivity index (χ2n) is 10.4. The second-order valence-corrected chi connectivity index (χ2v) is 10.4. The first-order valence-corrected chi connectivity index (χ1v) is 11.8. The maximum atomic E-state index is 13.0. The summed E-state index contributed by atoms with van der Waals surface area (Å²) in [6, 6.07) is 14.1. The summed E-state index contributed by atoms with van der Waals surface area (Å²) in [4.78, 5) is 14.6. The average Bonchev–Trinajstić information content (AvgIpc) is 3.15. The van der Waals surface area contributed by atoms with E-state index in [1.807, 2.05) is 30.3 Å². The molecular weight excluding hydrogens is 384 g/mol. The number of aromatic nitrogens is 3. The van der Waals surface area contributed by atoms with Crippen LogP contribution in [0.15, 0.2) is 42.5 Å². The van der Waals surface area contributed by atoms with Crippen molar-refractivity contribution in [1.29, 1.82) is 0 Å². The number of fused-ring (bicyclic) bond motifs is 1. The number of rotatable bonds is 5. The van der Waals surface area contributed by atoms with Crippen LogP contribution in [0.3, 0.4) is 0 Å². The van der Waals surface area contributed by atoms with Crippen LogP contribution in [0.2, 0.25) is 0 Å². The van der Waals surface area contributed by atoms with Gasteiger partial charge in [0, 0.05) is 12.1 Å². The molecule has 0 spiro atoms. The van der Waals surface area contributed by atoms with Crippen molar-refractivity contribution in [1.82, 2.24) is 15.0 Å². The van der Waals surface area contributed by atoms with E-state index in [0.29, 0.717) is 6.42 Å². The molecule has 0 unspecified atom stereocenters. The van der Waals surface area contributed by atoms with Crippen molar-refractivity contribution >= 4 is 22.6 Å². The minimum Gasteiger partial charge on any atom is -0.326 e. The number of benzene rings is 2. The number of nitrogens with one attached hydrogen (secondary N) is 1. The quantitative estimate of drug-likeness (QED) is 0.597. The van der Waals surface area contributed by atoms with Crippen molar-refractivity contribution in [2.45, 2.75) is 58.3 Å². The highest BCUT2D eigenvalue weighted by atomic mass is 16.1. The number of amides is 1. The normalized spacial score (nSPS) is 28.9. The first-order chi connectivity index (χ1) is 15.1. The van der Waals surface area contributed by atoms with Crippen molar-refractivity contribution in [2.75, 3.05) is 5.32 Å². The lowest BCUT2D eigenvalue weighted by Crippen LogP contribution is -2.47. The molecule has 1 amide bonds. The number of nitrogens with zero attached hydrogens (tertiary/aromatic N) is 3. The third-order valence-corrected chi connectivity index (χ3v) is 7.94. The Labute approximate surface area is 183 Å². The Morgan fingerprint density at radius 3 is 2.26 bits per heavy atom. The molecule has 4 saturated carbocycles. The topological polar surface area (TPSA) is 59.8 Å². The number of aryl methyl sites for hydroxylation is 1. The third kappa shape index (κ3) is 3.54. The monoisotopic (exact) mass is 414 g/mol. The molecule has 4 aliphatic carbocycles. The molecule has 0 radical (unpaired) electrons. The number of hydrogen-bond acceptors (Lipinski definition) is 3. The molecule has 0 atom stereocenters. The molecule has 1 heterocycles. The van der Waals surface area contributed by atoms with Crippen molar-refractivity contribution in [3.05, 3.63) is 48.0 Å². The number of carbonyl (C=O) groups is 1. The smallest absolute Gasteiger partial charge is 0.224 e. The standard InChI is InChI=1S/C26H30N4O/c1-2-17-3-6-22(7-4-17)30-28-23-8-5-21(12-24(23)29-30)27-25(31)16-26-13-18-9-19(14-26)11-20(10-18)15-26/h3-8,12,18-20H,2,9-11,13-16H2,1H3,(H,27,31). The van der Waals surface area contributed by atoms with Crippen LogP contribution in [0, 0.1) is 23.2 Å². The van der Waals surface area contributed by atoms with Gasteiger partial charge < -0.3 is 5.32 Å². The largest absolute Gasteiger partial charge is 0.326 e.